The van der Waals surface area contributed by atoms with Gasteiger partial charge in [-0.25, -0.2) is 4.39 Å². The number of quaternary nitrogens is 1. The summed E-state index contributed by atoms with van der Waals surface area (Å²) in [5.41, 5.74) is 7.71. The van der Waals surface area contributed by atoms with E-state index in [9.17, 15) is 4.39 Å². The average Bonchev–Trinajstić information content (AvgIpc) is 3.29. The summed E-state index contributed by atoms with van der Waals surface area (Å²) >= 11 is 3.62. The molecule has 0 bridgehead atoms. The van der Waals surface area contributed by atoms with Crippen molar-refractivity contribution in [3.05, 3.63) is 106 Å². The highest BCUT2D eigenvalue weighted by atomic mass is 79.9. The summed E-state index contributed by atoms with van der Waals surface area (Å²) in [7, 11) is 0. The lowest BCUT2D eigenvalue weighted by Gasteiger charge is -2.50. The quantitative estimate of drug-likeness (QED) is 0.549. The molecule has 1 saturated heterocycles. The summed E-state index contributed by atoms with van der Waals surface area (Å²) < 4.78 is 21.3. The van der Waals surface area contributed by atoms with Gasteiger partial charge < -0.3 is 15.1 Å². The second-order valence-electron chi connectivity index (χ2n) is 9.16. The van der Waals surface area contributed by atoms with Gasteiger partial charge in [0.25, 0.3) is 0 Å². The Bertz CT molecular complexity index is 1190. The first-order valence-corrected chi connectivity index (χ1v) is 12.3. The number of piperidine rings is 1. The van der Waals surface area contributed by atoms with Gasteiger partial charge in [-0.3, -0.25) is 0 Å². The van der Waals surface area contributed by atoms with Crippen LogP contribution in [-0.2, 0) is 6.54 Å². The van der Waals surface area contributed by atoms with Gasteiger partial charge in [0, 0.05) is 15.6 Å². The Morgan fingerprint density at radius 2 is 1.79 bits per heavy atom. The normalized spacial score (nSPS) is 26.2. The maximum Gasteiger partial charge on any atom is 0.191 e. The van der Waals surface area contributed by atoms with E-state index in [4.69, 9.17) is 4.74 Å². The zero-order valence-corrected chi connectivity index (χ0v) is 19.8. The summed E-state index contributed by atoms with van der Waals surface area (Å²) in [4.78, 5) is 1.58. The highest BCUT2D eigenvalue weighted by Gasteiger charge is 2.52. The van der Waals surface area contributed by atoms with Crippen LogP contribution in [0.2, 0.25) is 0 Å². The van der Waals surface area contributed by atoms with Gasteiger partial charge in [-0.05, 0) is 54.1 Å². The van der Waals surface area contributed by atoms with E-state index in [0.717, 1.165) is 59.5 Å². The molecule has 0 radical (unpaired) electrons. The molecule has 33 heavy (non-hydrogen) atoms. The maximum absolute atomic E-state index is 13.5. The minimum Gasteiger partial charge on any atom is -0.470 e. The van der Waals surface area contributed by atoms with Crippen molar-refractivity contribution >= 4 is 21.6 Å². The third kappa shape index (κ3) is 3.86. The molecule has 0 aromatic heterocycles. The number of ether oxygens (including phenoxy) is 1. The van der Waals surface area contributed by atoms with Gasteiger partial charge in [0.2, 0.25) is 0 Å². The van der Waals surface area contributed by atoms with Gasteiger partial charge in [-0.15, -0.1) is 0 Å². The fourth-order valence-corrected chi connectivity index (χ4v) is 5.72. The highest BCUT2D eigenvalue weighted by Crippen LogP contribution is 2.48. The summed E-state index contributed by atoms with van der Waals surface area (Å²) in [5, 5.41) is 2.29. The molecule has 3 aromatic rings. The molecule has 6 rings (SSSR count). The van der Waals surface area contributed by atoms with Crippen molar-refractivity contribution in [1.82, 2.24) is 10.4 Å². The van der Waals surface area contributed by atoms with Crippen LogP contribution in [0, 0.1) is 5.82 Å². The molecule has 0 amide bonds. The van der Waals surface area contributed by atoms with E-state index < -0.39 is 5.72 Å². The van der Waals surface area contributed by atoms with E-state index in [1.807, 2.05) is 18.2 Å². The molecule has 1 spiro atoms. The average molecular weight is 507 g/mol. The monoisotopic (exact) mass is 506 g/mol. The predicted molar refractivity (Wildman–Crippen MR) is 130 cm³/mol. The molecule has 168 valence electrons. The molecule has 3 heterocycles. The van der Waals surface area contributed by atoms with Crippen LogP contribution in [0.5, 0.6) is 5.75 Å². The highest BCUT2D eigenvalue weighted by molar-refractivity contribution is 9.10. The van der Waals surface area contributed by atoms with Gasteiger partial charge in [0.15, 0.2) is 5.72 Å². The van der Waals surface area contributed by atoms with Crippen LogP contribution < -0.4 is 15.1 Å². The number of halogens is 2. The fourth-order valence-electron chi connectivity index (χ4n) is 5.34. The second-order valence-corrected chi connectivity index (χ2v) is 10.1. The number of rotatable bonds is 3. The van der Waals surface area contributed by atoms with Crippen LogP contribution in [0.3, 0.4) is 0 Å². The molecule has 4 nitrogen and oxygen atoms in total. The van der Waals surface area contributed by atoms with Crippen LogP contribution in [0.25, 0.3) is 5.70 Å². The molecule has 0 aliphatic carbocycles. The second kappa shape index (κ2) is 8.28. The van der Waals surface area contributed by atoms with E-state index in [2.05, 4.69) is 74.9 Å². The fraction of sp³-hybridized carbons (Fsp3) is 0.259. The van der Waals surface area contributed by atoms with Crippen molar-refractivity contribution in [2.45, 2.75) is 31.2 Å². The Hall–Kier alpha value is -2.67. The van der Waals surface area contributed by atoms with Gasteiger partial charge in [0.05, 0.1) is 37.7 Å². The zero-order chi connectivity index (χ0) is 22.4. The Kier molecular flexibility index (Phi) is 5.24. The number of nitrogens with zero attached hydrogens (tertiary/aromatic N) is 1. The Balaban J connectivity index is 1.29. The number of hydrazine groups is 1. The number of fused-ring (bicyclic) bond motifs is 4. The first kappa shape index (κ1) is 20.9. The molecule has 3 aliphatic heterocycles. The molecule has 1 fully saturated rings. The smallest absolute Gasteiger partial charge is 0.191 e. The number of hydrogen-bond acceptors (Lipinski definition) is 3. The predicted octanol–water partition coefficient (Wildman–Crippen LogP) is 4.46. The van der Waals surface area contributed by atoms with Crippen LogP contribution in [0.1, 0.15) is 35.6 Å². The molecule has 1 unspecified atom stereocenters. The Labute approximate surface area is 201 Å². The molecular formula is C27H26BrFN3O+. The third-order valence-corrected chi connectivity index (χ3v) is 7.56. The third-order valence-electron chi connectivity index (χ3n) is 7.06. The Morgan fingerprint density at radius 1 is 1.03 bits per heavy atom. The molecule has 2 N–H and O–H groups in total. The van der Waals surface area contributed by atoms with Crippen molar-refractivity contribution in [2.24, 2.45) is 0 Å². The van der Waals surface area contributed by atoms with Crippen molar-refractivity contribution in [2.75, 3.05) is 13.1 Å². The lowest BCUT2D eigenvalue weighted by Crippen LogP contribution is -3.12. The molecule has 6 heteroatoms. The van der Waals surface area contributed by atoms with Gasteiger partial charge in [-0.1, -0.05) is 46.3 Å². The molecule has 1 atom stereocenters. The van der Waals surface area contributed by atoms with Crippen molar-refractivity contribution in [3.63, 3.8) is 0 Å². The van der Waals surface area contributed by atoms with Crippen molar-refractivity contribution < 1.29 is 14.0 Å². The van der Waals surface area contributed by atoms with E-state index in [-0.39, 0.29) is 11.9 Å². The topological polar surface area (TPSA) is 28.9 Å². The van der Waals surface area contributed by atoms with E-state index in [0.29, 0.717) is 0 Å². The van der Waals surface area contributed by atoms with Crippen molar-refractivity contribution in [3.8, 4) is 5.75 Å². The summed E-state index contributed by atoms with van der Waals surface area (Å²) in [6.07, 6.45) is 4.10. The zero-order valence-electron chi connectivity index (χ0n) is 18.2. The van der Waals surface area contributed by atoms with E-state index in [1.165, 1.54) is 17.7 Å². The maximum atomic E-state index is 13.5. The van der Waals surface area contributed by atoms with Gasteiger partial charge in [-0.2, -0.15) is 5.01 Å². The van der Waals surface area contributed by atoms with Crippen LogP contribution in [-0.4, -0.2) is 23.8 Å². The minimum absolute atomic E-state index is 0.0574. The van der Waals surface area contributed by atoms with Crippen LogP contribution >= 0.6 is 15.9 Å². The largest absolute Gasteiger partial charge is 0.470 e. The molecule has 3 aromatic carbocycles. The lowest BCUT2D eigenvalue weighted by molar-refractivity contribution is -0.921. The van der Waals surface area contributed by atoms with Crippen LogP contribution in [0.4, 0.5) is 4.39 Å². The lowest BCUT2D eigenvalue weighted by atomic mass is 9.92. The molecular weight excluding hydrogens is 481 g/mol. The molecule has 0 saturated carbocycles. The first-order chi connectivity index (χ1) is 16.1. The number of hydrogen-bond donors (Lipinski definition) is 2. The first-order valence-electron chi connectivity index (χ1n) is 11.5. The van der Waals surface area contributed by atoms with Crippen LogP contribution in [0.15, 0.2) is 83.3 Å². The Morgan fingerprint density at radius 3 is 2.55 bits per heavy atom. The SMILES string of the molecule is Fc1ccc(C2=CC3c4cc(Br)ccc4OC4(CC[NH+](Cc5ccccc5)CC4)N3N2)cc1. The number of likely N-dealkylation sites (tertiary alicyclic amines) is 1. The number of benzene rings is 3. The van der Waals surface area contributed by atoms with E-state index >= 15 is 0 Å². The minimum atomic E-state index is -0.413. The standard InChI is InChI=1S/C27H25BrFN3O/c28-21-8-11-26-23(16-21)25-17-24(20-6-9-22(29)10-7-20)30-32(25)27(33-26)12-14-31(15-13-27)18-19-4-2-1-3-5-19/h1-11,16-17,25,30H,12-15,18H2/p+1. The summed E-state index contributed by atoms with van der Waals surface area (Å²) in [6, 6.07) is 23.7. The summed E-state index contributed by atoms with van der Waals surface area (Å²) in [5.74, 6) is 0.724. The van der Waals surface area contributed by atoms with Gasteiger partial charge >= 0.3 is 0 Å². The molecule has 3 aliphatic rings. The van der Waals surface area contributed by atoms with E-state index in [1.54, 1.807) is 4.90 Å². The van der Waals surface area contributed by atoms with Crippen molar-refractivity contribution in [1.29, 1.82) is 0 Å². The number of nitrogens with one attached hydrogen (secondary N) is 2. The van der Waals surface area contributed by atoms with Gasteiger partial charge in [0.1, 0.15) is 18.1 Å². The summed E-state index contributed by atoms with van der Waals surface area (Å²) in [6.45, 7) is 3.12.